The van der Waals surface area contributed by atoms with Gasteiger partial charge in [-0.2, -0.15) is 13.2 Å². The zero-order chi connectivity index (χ0) is 20.3. The number of aryl methyl sites for hydroxylation is 2. The first-order valence-corrected chi connectivity index (χ1v) is 8.48. The molecule has 1 aromatic heterocycles. The lowest BCUT2D eigenvalue weighted by Crippen LogP contribution is -2.28. The Morgan fingerprint density at radius 1 is 1.11 bits per heavy atom. The fourth-order valence-electron chi connectivity index (χ4n) is 2.54. The molecule has 28 heavy (non-hydrogen) atoms. The molecule has 2 amide bonds. The number of nitrogens with zero attached hydrogens (tertiary/aromatic N) is 1. The molecule has 0 radical (unpaired) electrons. The zero-order valence-corrected chi connectivity index (χ0v) is 15.2. The van der Waals surface area contributed by atoms with Crippen LogP contribution in [0.4, 0.5) is 23.7 Å². The van der Waals surface area contributed by atoms with Crippen molar-refractivity contribution in [3.63, 3.8) is 0 Å². The molecule has 0 saturated carbocycles. The summed E-state index contributed by atoms with van der Waals surface area (Å²) >= 11 is 0. The van der Waals surface area contributed by atoms with Crippen LogP contribution in [0.3, 0.4) is 0 Å². The molecule has 0 aliphatic rings. The summed E-state index contributed by atoms with van der Waals surface area (Å²) in [5, 5.41) is 5.19. The number of benzene rings is 2. The van der Waals surface area contributed by atoms with Crippen LogP contribution < -0.4 is 10.6 Å². The molecule has 0 atom stereocenters. The van der Waals surface area contributed by atoms with Crippen LogP contribution in [0.1, 0.15) is 22.6 Å². The Morgan fingerprint density at radius 3 is 2.54 bits per heavy atom. The van der Waals surface area contributed by atoms with Crippen LogP contribution >= 0.6 is 0 Å². The third-order valence-electron chi connectivity index (χ3n) is 4.10. The summed E-state index contributed by atoms with van der Waals surface area (Å²) in [6.07, 6.45) is -4.42. The van der Waals surface area contributed by atoms with Crippen LogP contribution in [0.25, 0.3) is 11.5 Å². The molecular formula is C20H18F3N3O2. The van der Waals surface area contributed by atoms with E-state index in [0.29, 0.717) is 28.5 Å². The molecule has 0 bridgehead atoms. The summed E-state index contributed by atoms with van der Waals surface area (Å²) in [4.78, 5) is 16.4. The average Bonchev–Trinajstić information content (AvgIpc) is 2.99. The number of rotatable bonds is 4. The molecular weight excluding hydrogens is 371 g/mol. The summed E-state index contributed by atoms with van der Waals surface area (Å²) in [6.45, 7) is 3.62. The first-order valence-electron chi connectivity index (χ1n) is 8.48. The lowest BCUT2D eigenvalue weighted by molar-refractivity contribution is -0.137. The summed E-state index contributed by atoms with van der Waals surface area (Å²) in [5.74, 6) is 1.16. The Kier molecular flexibility index (Phi) is 5.39. The summed E-state index contributed by atoms with van der Waals surface area (Å²) < 4.78 is 43.8. The molecule has 0 saturated heterocycles. The van der Waals surface area contributed by atoms with Crippen LogP contribution in [0, 0.1) is 13.8 Å². The van der Waals surface area contributed by atoms with Crippen LogP contribution in [0.15, 0.2) is 52.9 Å². The predicted octanol–water partition coefficient (Wildman–Crippen LogP) is 5.30. The number of aromatic nitrogens is 1. The van der Waals surface area contributed by atoms with Gasteiger partial charge in [0, 0.05) is 17.8 Å². The first kappa shape index (κ1) is 19.5. The molecule has 146 valence electrons. The zero-order valence-electron chi connectivity index (χ0n) is 15.2. The van der Waals surface area contributed by atoms with Gasteiger partial charge in [-0.15, -0.1) is 0 Å². The molecule has 0 fully saturated rings. The molecule has 0 unspecified atom stereocenters. The summed E-state index contributed by atoms with van der Waals surface area (Å²) in [5.41, 5.74) is 1.59. The third kappa shape index (κ3) is 4.70. The van der Waals surface area contributed by atoms with Crippen molar-refractivity contribution >= 4 is 11.7 Å². The third-order valence-corrected chi connectivity index (χ3v) is 4.10. The van der Waals surface area contributed by atoms with Crippen LogP contribution in [0.5, 0.6) is 0 Å². The second kappa shape index (κ2) is 7.75. The van der Waals surface area contributed by atoms with Crippen molar-refractivity contribution in [1.82, 2.24) is 10.3 Å². The quantitative estimate of drug-likeness (QED) is 0.636. The molecule has 3 rings (SSSR count). The summed E-state index contributed by atoms with van der Waals surface area (Å²) in [6, 6.07) is 11.2. The molecule has 2 aromatic carbocycles. The maximum atomic E-state index is 12.7. The van der Waals surface area contributed by atoms with Gasteiger partial charge in [-0.3, -0.25) is 0 Å². The van der Waals surface area contributed by atoms with Gasteiger partial charge in [-0.25, -0.2) is 9.78 Å². The minimum Gasteiger partial charge on any atom is -0.441 e. The van der Waals surface area contributed by atoms with Crippen LogP contribution in [0.2, 0.25) is 0 Å². The molecule has 5 nitrogen and oxygen atoms in total. The molecule has 8 heteroatoms. The topological polar surface area (TPSA) is 67.2 Å². The van der Waals surface area contributed by atoms with Crippen molar-refractivity contribution in [2.45, 2.75) is 26.6 Å². The van der Waals surface area contributed by atoms with Gasteiger partial charge in [0.25, 0.3) is 0 Å². The van der Waals surface area contributed by atoms with E-state index in [-0.39, 0.29) is 6.54 Å². The Hall–Kier alpha value is -3.29. The number of urea groups is 1. The maximum absolute atomic E-state index is 12.7. The minimum atomic E-state index is -4.42. The van der Waals surface area contributed by atoms with Gasteiger partial charge in [0.1, 0.15) is 5.76 Å². The normalized spacial score (nSPS) is 11.3. The molecule has 3 aromatic rings. The van der Waals surface area contributed by atoms with Crippen LogP contribution in [-0.4, -0.2) is 11.0 Å². The fraction of sp³-hybridized carbons (Fsp3) is 0.200. The van der Waals surface area contributed by atoms with Crippen molar-refractivity contribution in [3.05, 3.63) is 71.1 Å². The molecule has 1 heterocycles. The first-order chi connectivity index (χ1) is 13.2. The smallest absolute Gasteiger partial charge is 0.416 e. The van der Waals surface area contributed by atoms with E-state index < -0.39 is 17.8 Å². The van der Waals surface area contributed by atoms with Gasteiger partial charge in [0.15, 0.2) is 0 Å². The van der Waals surface area contributed by atoms with Gasteiger partial charge in [0.05, 0.1) is 11.3 Å². The molecule has 0 aliphatic carbocycles. The lowest BCUT2D eigenvalue weighted by Gasteiger charge is -2.11. The summed E-state index contributed by atoms with van der Waals surface area (Å²) in [7, 11) is 0. The van der Waals surface area contributed by atoms with Gasteiger partial charge >= 0.3 is 12.2 Å². The highest BCUT2D eigenvalue weighted by Crippen LogP contribution is 2.29. The number of carbonyl (C=O) groups excluding carboxylic acids is 1. The van der Waals surface area contributed by atoms with E-state index >= 15 is 0 Å². The number of amides is 2. The second-order valence-corrected chi connectivity index (χ2v) is 6.25. The Balaban J connectivity index is 1.63. The highest BCUT2D eigenvalue weighted by atomic mass is 19.4. The largest absolute Gasteiger partial charge is 0.441 e. The van der Waals surface area contributed by atoms with Crippen molar-refractivity contribution in [1.29, 1.82) is 0 Å². The molecule has 0 aliphatic heterocycles. The fourth-order valence-corrected chi connectivity index (χ4v) is 2.54. The van der Waals surface area contributed by atoms with E-state index in [1.54, 1.807) is 24.3 Å². The van der Waals surface area contributed by atoms with Gasteiger partial charge < -0.3 is 15.1 Å². The van der Waals surface area contributed by atoms with Crippen molar-refractivity contribution in [3.8, 4) is 11.5 Å². The highest BCUT2D eigenvalue weighted by Gasteiger charge is 2.30. The van der Waals surface area contributed by atoms with Crippen molar-refractivity contribution < 1.29 is 22.4 Å². The SMILES string of the molecule is Cc1nc(-c2cccc(NC(=O)NCc3cccc(C(F)(F)F)c3)c2)oc1C. The van der Waals surface area contributed by atoms with E-state index in [0.717, 1.165) is 17.8 Å². The van der Waals surface area contributed by atoms with E-state index in [1.807, 2.05) is 13.8 Å². The van der Waals surface area contributed by atoms with E-state index in [4.69, 9.17) is 4.42 Å². The Bertz CT molecular complexity index is 977. The van der Waals surface area contributed by atoms with E-state index in [9.17, 15) is 18.0 Å². The number of hydrogen-bond acceptors (Lipinski definition) is 3. The number of carbonyl (C=O) groups is 1. The van der Waals surface area contributed by atoms with Crippen LogP contribution in [-0.2, 0) is 12.7 Å². The maximum Gasteiger partial charge on any atom is 0.416 e. The lowest BCUT2D eigenvalue weighted by atomic mass is 10.1. The number of nitrogens with one attached hydrogen (secondary N) is 2. The highest BCUT2D eigenvalue weighted by molar-refractivity contribution is 5.89. The molecule has 2 N–H and O–H groups in total. The van der Waals surface area contributed by atoms with Crippen molar-refractivity contribution in [2.24, 2.45) is 0 Å². The number of alkyl halides is 3. The van der Waals surface area contributed by atoms with Gasteiger partial charge in [-0.1, -0.05) is 18.2 Å². The van der Waals surface area contributed by atoms with Crippen molar-refractivity contribution in [2.75, 3.05) is 5.32 Å². The Labute approximate surface area is 159 Å². The number of halogens is 3. The number of oxazole rings is 1. The second-order valence-electron chi connectivity index (χ2n) is 6.25. The number of hydrogen-bond donors (Lipinski definition) is 2. The molecule has 0 spiro atoms. The standard InChI is InChI=1S/C20H18F3N3O2/c1-12-13(2)28-18(25-12)15-6-4-8-17(10-15)26-19(27)24-11-14-5-3-7-16(9-14)20(21,22)23/h3-10H,11H2,1-2H3,(H2,24,26,27). The van der Waals surface area contributed by atoms with E-state index in [2.05, 4.69) is 15.6 Å². The monoisotopic (exact) mass is 389 g/mol. The minimum absolute atomic E-state index is 0.0342. The Morgan fingerprint density at radius 2 is 1.86 bits per heavy atom. The predicted molar refractivity (Wildman–Crippen MR) is 98.7 cm³/mol. The van der Waals surface area contributed by atoms with Gasteiger partial charge in [0.2, 0.25) is 5.89 Å². The number of anilines is 1. The van der Waals surface area contributed by atoms with E-state index in [1.165, 1.54) is 12.1 Å². The average molecular weight is 389 g/mol. The van der Waals surface area contributed by atoms with Gasteiger partial charge in [-0.05, 0) is 49.7 Å².